The van der Waals surface area contributed by atoms with E-state index in [0.717, 1.165) is 24.2 Å². The van der Waals surface area contributed by atoms with Gasteiger partial charge in [-0.2, -0.15) is 4.98 Å². The van der Waals surface area contributed by atoms with Gasteiger partial charge in [0, 0.05) is 31.7 Å². The Hall–Kier alpha value is -2.87. The summed E-state index contributed by atoms with van der Waals surface area (Å²) in [6.45, 7) is 7.43. The van der Waals surface area contributed by atoms with E-state index < -0.39 is 0 Å². The van der Waals surface area contributed by atoms with Crippen LogP contribution in [0.4, 0.5) is 10.2 Å². The number of aromatic nitrogens is 4. The average molecular weight is 382 g/mol. The summed E-state index contributed by atoms with van der Waals surface area (Å²) in [5.74, 6) is 1.29. The molecule has 0 unspecified atom stereocenters. The van der Waals surface area contributed by atoms with Crippen molar-refractivity contribution in [3.63, 3.8) is 0 Å². The van der Waals surface area contributed by atoms with Crippen molar-refractivity contribution in [3.8, 4) is 11.4 Å². The number of rotatable bonds is 5. The van der Waals surface area contributed by atoms with Crippen LogP contribution in [0.2, 0.25) is 0 Å². The van der Waals surface area contributed by atoms with E-state index >= 15 is 0 Å². The molecule has 1 aromatic carbocycles. The van der Waals surface area contributed by atoms with Crippen LogP contribution in [0.25, 0.3) is 11.4 Å². The SMILES string of the molecule is CCc1ncnc(N2CCN(Cc3nc(-c4ccccc4C)no3)CC2)c1F. The first-order valence-electron chi connectivity index (χ1n) is 9.51. The topological polar surface area (TPSA) is 71.2 Å². The Balaban J connectivity index is 1.38. The molecule has 0 radical (unpaired) electrons. The molecule has 1 fully saturated rings. The molecule has 0 spiro atoms. The highest BCUT2D eigenvalue weighted by Crippen LogP contribution is 2.22. The predicted molar refractivity (Wildman–Crippen MR) is 103 cm³/mol. The lowest BCUT2D eigenvalue weighted by atomic mass is 10.1. The van der Waals surface area contributed by atoms with Gasteiger partial charge in [-0.15, -0.1) is 0 Å². The number of anilines is 1. The number of piperazine rings is 1. The van der Waals surface area contributed by atoms with Crippen LogP contribution in [0, 0.1) is 12.7 Å². The van der Waals surface area contributed by atoms with Crippen LogP contribution < -0.4 is 4.90 Å². The van der Waals surface area contributed by atoms with E-state index in [1.165, 1.54) is 6.33 Å². The monoisotopic (exact) mass is 382 g/mol. The number of aryl methyl sites for hydroxylation is 2. The van der Waals surface area contributed by atoms with Crippen molar-refractivity contribution in [3.05, 3.63) is 53.6 Å². The minimum Gasteiger partial charge on any atom is -0.352 e. The Morgan fingerprint density at radius 3 is 2.64 bits per heavy atom. The van der Waals surface area contributed by atoms with Crippen molar-refractivity contribution in [2.75, 3.05) is 31.1 Å². The summed E-state index contributed by atoms with van der Waals surface area (Å²) in [6.07, 6.45) is 2.00. The molecule has 3 aromatic rings. The number of halogens is 1. The van der Waals surface area contributed by atoms with Crippen molar-refractivity contribution >= 4 is 5.82 Å². The maximum absolute atomic E-state index is 14.5. The molecule has 0 N–H and O–H groups in total. The van der Waals surface area contributed by atoms with Crippen LogP contribution in [0.5, 0.6) is 0 Å². The van der Waals surface area contributed by atoms with E-state index in [9.17, 15) is 4.39 Å². The molecule has 1 aliphatic rings. The van der Waals surface area contributed by atoms with Crippen LogP contribution in [-0.2, 0) is 13.0 Å². The number of hydrogen-bond acceptors (Lipinski definition) is 7. The Kier molecular flexibility index (Phi) is 5.29. The zero-order valence-corrected chi connectivity index (χ0v) is 16.1. The van der Waals surface area contributed by atoms with Crippen molar-refractivity contribution in [2.24, 2.45) is 0 Å². The molecule has 1 aliphatic heterocycles. The van der Waals surface area contributed by atoms with E-state index in [0.29, 0.717) is 49.3 Å². The lowest BCUT2D eigenvalue weighted by Crippen LogP contribution is -2.46. The van der Waals surface area contributed by atoms with Gasteiger partial charge in [-0.1, -0.05) is 36.3 Å². The molecule has 7 nitrogen and oxygen atoms in total. The third-order valence-corrected chi connectivity index (χ3v) is 5.06. The third-order valence-electron chi connectivity index (χ3n) is 5.06. The summed E-state index contributed by atoms with van der Waals surface area (Å²) in [6, 6.07) is 7.97. The lowest BCUT2D eigenvalue weighted by Gasteiger charge is -2.34. The van der Waals surface area contributed by atoms with Crippen LogP contribution in [0.1, 0.15) is 24.1 Å². The second-order valence-electron chi connectivity index (χ2n) is 6.90. The molecule has 2 aromatic heterocycles. The first-order valence-corrected chi connectivity index (χ1v) is 9.51. The summed E-state index contributed by atoms with van der Waals surface area (Å²) in [5.41, 5.74) is 2.55. The first kappa shape index (κ1) is 18.5. The molecule has 28 heavy (non-hydrogen) atoms. The molecule has 3 heterocycles. The van der Waals surface area contributed by atoms with Gasteiger partial charge in [-0.05, 0) is 18.9 Å². The van der Waals surface area contributed by atoms with Crippen LogP contribution in [-0.4, -0.2) is 51.2 Å². The van der Waals surface area contributed by atoms with Crippen LogP contribution in [0.15, 0.2) is 35.1 Å². The van der Waals surface area contributed by atoms with Gasteiger partial charge in [0.25, 0.3) is 0 Å². The molecule has 1 saturated heterocycles. The summed E-state index contributed by atoms with van der Waals surface area (Å²) >= 11 is 0. The summed E-state index contributed by atoms with van der Waals surface area (Å²) in [7, 11) is 0. The van der Waals surface area contributed by atoms with Gasteiger partial charge in [0.05, 0.1) is 12.2 Å². The highest BCUT2D eigenvalue weighted by molar-refractivity contribution is 5.58. The molecule has 0 atom stereocenters. The molecule has 0 aliphatic carbocycles. The summed E-state index contributed by atoms with van der Waals surface area (Å²) in [5, 5.41) is 4.12. The zero-order chi connectivity index (χ0) is 19.5. The van der Waals surface area contributed by atoms with Crippen LogP contribution in [0.3, 0.4) is 0 Å². The van der Waals surface area contributed by atoms with Gasteiger partial charge < -0.3 is 9.42 Å². The molecule has 4 rings (SSSR count). The van der Waals surface area contributed by atoms with E-state index in [-0.39, 0.29) is 5.82 Å². The van der Waals surface area contributed by atoms with Gasteiger partial charge in [0.1, 0.15) is 6.33 Å². The minimum atomic E-state index is -0.307. The fourth-order valence-corrected chi connectivity index (χ4v) is 3.42. The molecule has 8 heteroatoms. The van der Waals surface area contributed by atoms with Crippen LogP contribution >= 0.6 is 0 Å². The normalized spacial score (nSPS) is 15.2. The average Bonchev–Trinajstić information content (AvgIpc) is 3.17. The molecule has 0 amide bonds. The Morgan fingerprint density at radius 2 is 1.89 bits per heavy atom. The van der Waals surface area contributed by atoms with Gasteiger partial charge in [-0.3, -0.25) is 4.90 Å². The standard InChI is InChI=1S/C20H23FN6O/c1-3-16-18(21)20(23-13-22-16)27-10-8-26(9-11-27)12-17-24-19(25-28-17)15-7-5-4-6-14(15)2/h4-7,13H,3,8-12H2,1-2H3. The first-order chi connectivity index (χ1) is 13.7. The van der Waals surface area contributed by atoms with Crippen molar-refractivity contribution in [1.82, 2.24) is 25.0 Å². The summed E-state index contributed by atoms with van der Waals surface area (Å²) < 4.78 is 19.9. The Bertz CT molecular complexity index is 951. The van der Waals surface area contributed by atoms with E-state index in [1.54, 1.807) is 0 Å². The molecular weight excluding hydrogens is 359 g/mol. The van der Waals surface area contributed by atoms with E-state index in [4.69, 9.17) is 4.52 Å². The van der Waals surface area contributed by atoms with Gasteiger partial charge >= 0.3 is 0 Å². The smallest absolute Gasteiger partial charge is 0.241 e. The van der Waals surface area contributed by atoms with E-state index in [2.05, 4.69) is 25.0 Å². The highest BCUT2D eigenvalue weighted by Gasteiger charge is 2.23. The van der Waals surface area contributed by atoms with Crippen molar-refractivity contribution < 1.29 is 8.91 Å². The zero-order valence-electron chi connectivity index (χ0n) is 16.1. The largest absolute Gasteiger partial charge is 0.352 e. The van der Waals surface area contributed by atoms with Gasteiger partial charge in [-0.25, -0.2) is 14.4 Å². The second-order valence-corrected chi connectivity index (χ2v) is 6.90. The lowest BCUT2D eigenvalue weighted by molar-refractivity contribution is 0.214. The van der Waals surface area contributed by atoms with Crippen molar-refractivity contribution in [1.29, 1.82) is 0 Å². The predicted octanol–water partition coefficient (Wildman–Crippen LogP) is 2.86. The molecular formula is C20H23FN6O. The second kappa shape index (κ2) is 8.02. The summed E-state index contributed by atoms with van der Waals surface area (Å²) in [4.78, 5) is 16.9. The fraction of sp³-hybridized carbons (Fsp3) is 0.400. The molecule has 0 bridgehead atoms. The number of benzene rings is 1. The third kappa shape index (κ3) is 3.73. The minimum absolute atomic E-state index is 0.307. The maximum atomic E-state index is 14.5. The highest BCUT2D eigenvalue weighted by atomic mass is 19.1. The molecule has 146 valence electrons. The van der Waals surface area contributed by atoms with Gasteiger partial charge in [0.15, 0.2) is 11.6 Å². The Labute approximate surface area is 163 Å². The van der Waals surface area contributed by atoms with Gasteiger partial charge in [0.2, 0.25) is 11.7 Å². The number of hydrogen-bond donors (Lipinski definition) is 0. The Morgan fingerprint density at radius 1 is 1.11 bits per heavy atom. The van der Waals surface area contributed by atoms with Crippen molar-refractivity contribution in [2.45, 2.75) is 26.8 Å². The quantitative estimate of drug-likeness (QED) is 0.672. The molecule has 0 saturated carbocycles. The fourth-order valence-electron chi connectivity index (χ4n) is 3.42. The number of nitrogens with zero attached hydrogens (tertiary/aromatic N) is 6. The van der Waals surface area contributed by atoms with E-state index in [1.807, 2.05) is 43.0 Å². The maximum Gasteiger partial charge on any atom is 0.241 e.